The Morgan fingerprint density at radius 3 is 3.10 bits per heavy atom. The van der Waals surface area contributed by atoms with Gasteiger partial charge in [-0.25, -0.2) is 0 Å². The van der Waals surface area contributed by atoms with Crippen molar-refractivity contribution >= 4 is 0 Å². The second-order valence-electron chi connectivity index (χ2n) is 2.92. The summed E-state index contributed by atoms with van der Waals surface area (Å²) >= 11 is 0. The van der Waals surface area contributed by atoms with Crippen LogP contribution in [-0.4, -0.2) is 38.6 Å². The molecule has 0 radical (unpaired) electrons. The van der Waals surface area contributed by atoms with E-state index in [0.29, 0.717) is 0 Å². The molecule has 1 rings (SSSR count). The molecule has 0 aliphatic carbocycles. The monoisotopic (exact) mass is 140 g/mol. The second kappa shape index (κ2) is 3.74. The number of likely N-dealkylation sites (N-methyl/N-ethyl adjacent to an activating group) is 2. The van der Waals surface area contributed by atoms with Crippen molar-refractivity contribution in [1.82, 2.24) is 10.2 Å². The van der Waals surface area contributed by atoms with Gasteiger partial charge in [0.1, 0.15) is 0 Å². The highest BCUT2D eigenvalue weighted by Crippen LogP contribution is 2.05. The van der Waals surface area contributed by atoms with Gasteiger partial charge in [-0.3, -0.25) is 0 Å². The Kier molecular flexibility index (Phi) is 2.90. The Morgan fingerprint density at radius 1 is 1.70 bits per heavy atom. The van der Waals surface area contributed by atoms with Crippen molar-refractivity contribution in [1.29, 1.82) is 0 Å². The van der Waals surface area contributed by atoms with E-state index in [4.69, 9.17) is 0 Å². The molecular formula is C8H16N2. The van der Waals surface area contributed by atoms with E-state index in [-0.39, 0.29) is 0 Å². The van der Waals surface area contributed by atoms with Gasteiger partial charge in [0.2, 0.25) is 0 Å². The van der Waals surface area contributed by atoms with E-state index in [9.17, 15) is 0 Å². The predicted molar refractivity (Wildman–Crippen MR) is 44.1 cm³/mol. The van der Waals surface area contributed by atoms with Crippen molar-refractivity contribution in [3.8, 4) is 0 Å². The Morgan fingerprint density at radius 2 is 2.50 bits per heavy atom. The SMILES string of the molecule is CNCC1=CCCN(C)C1. The minimum atomic E-state index is 1.05. The molecule has 0 saturated carbocycles. The van der Waals surface area contributed by atoms with E-state index >= 15 is 0 Å². The van der Waals surface area contributed by atoms with E-state index in [1.165, 1.54) is 18.5 Å². The molecule has 1 aliphatic rings. The third-order valence-corrected chi connectivity index (χ3v) is 1.82. The molecular weight excluding hydrogens is 124 g/mol. The van der Waals surface area contributed by atoms with Gasteiger partial charge in [-0.1, -0.05) is 6.08 Å². The van der Waals surface area contributed by atoms with Crippen LogP contribution in [0.15, 0.2) is 11.6 Å². The van der Waals surface area contributed by atoms with Crippen LogP contribution in [0.1, 0.15) is 6.42 Å². The minimum Gasteiger partial charge on any atom is -0.316 e. The molecule has 0 fully saturated rings. The van der Waals surface area contributed by atoms with E-state index in [0.717, 1.165) is 13.1 Å². The molecule has 0 spiro atoms. The summed E-state index contributed by atoms with van der Waals surface area (Å²) in [5.74, 6) is 0. The Balaban J connectivity index is 2.36. The third-order valence-electron chi connectivity index (χ3n) is 1.82. The first-order valence-corrected chi connectivity index (χ1v) is 3.84. The van der Waals surface area contributed by atoms with Gasteiger partial charge in [-0.15, -0.1) is 0 Å². The fourth-order valence-corrected chi connectivity index (χ4v) is 1.33. The fourth-order valence-electron chi connectivity index (χ4n) is 1.33. The minimum absolute atomic E-state index is 1.05. The van der Waals surface area contributed by atoms with Gasteiger partial charge >= 0.3 is 0 Å². The normalized spacial score (nSPS) is 20.8. The summed E-state index contributed by atoms with van der Waals surface area (Å²) in [6, 6.07) is 0. The van der Waals surface area contributed by atoms with Crippen molar-refractivity contribution in [2.75, 3.05) is 33.7 Å². The van der Waals surface area contributed by atoms with Gasteiger partial charge in [-0.05, 0) is 26.1 Å². The van der Waals surface area contributed by atoms with Crippen LogP contribution in [-0.2, 0) is 0 Å². The van der Waals surface area contributed by atoms with E-state index < -0.39 is 0 Å². The zero-order valence-corrected chi connectivity index (χ0v) is 6.85. The lowest BCUT2D eigenvalue weighted by atomic mass is 10.1. The van der Waals surface area contributed by atoms with E-state index in [1.54, 1.807) is 0 Å². The lowest BCUT2D eigenvalue weighted by molar-refractivity contribution is 0.351. The highest BCUT2D eigenvalue weighted by Gasteiger charge is 2.06. The van der Waals surface area contributed by atoms with Crippen LogP contribution in [0.5, 0.6) is 0 Å². The highest BCUT2D eigenvalue weighted by molar-refractivity contribution is 5.09. The summed E-state index contributed by atoms with van der Waals surface area (Å²) in [5, 5.41) is 3.16. The maximum atomic E-state index is 3.16. The molecule has 0 aromatic rings. The lowest BCUT2D eigenvalue weighted by Gasteiger charge is -2.22. The summed E-state index contributed by atoms with van der Waals surface area (Å²) in [5.41, 5.74) is 1.52. The maximum absolute atomic E-state index is 3.16. The molecule has 0 amide bonds. The molecule has 2 nitrogen and oxygen atoms in total. The van der Waals surface area contributed by atoms with Crippen LogP contribution >= 0.6 is 0 Å². The summed E-state index contributed by atoms with van der Waals surface area (Å²) in [4.78, 5) is 2.35. The number of hydrogen-bond donors (Lipinski definition) is 1. The maximum Gasteiger partial charge on any atom is 0.0202 e. The fraction of sp³-hybridized carbons (Fsp3) is 0.750. The highest BCUT2D eigenvalue weighted by atomic mass is 15.1. The molecule has 0 aromatic carbocycles. The molecule has 0 saturated heterocycles. The van der Waals surface area contributed by atoms with Gasteiger partial charge < -0.3 is 10.2 Å². The third kappa shape index (κ3) is 2.12. The van der Waals surface area contributed by atoms with Crippen LogP contribution in [0, 0.1) is 0 Å². The number of nitrogens with one attached hydrogen (secondary N) is 1. The van der Waals surface area contributed by atoms with Crippen molar-refractivity contribution < 1.29 is 0 Å². The average Bonchev–Trinajstić information content (AvgIpc) is 1.88. The lowest BCUT2D eigenvalue weighted by Crippen LogP contribution is -2.29. The van der Waals surface area contributed by atoms with Crippen molar-refractivity contribution in [3.05, 3.63) is 11.6 Å². The topological polar surface area (TPSA) is 15.3 Å². The molecule has 0 bridgehead atoms. The second-order valence-corrected chi connectivity index (χ2v) is 2.92. The Hall–Kier alpha value is -0.340. The zero-order valence-electron chi connectivity index (χ0n) is 6.85. The summed E-state index contributed by atoms with van der Waals surface area (Å²) in [7, 11) is 4.16. The average molecular weight is 140 g/mol. The molecule has 1 heterocycles. The summed E-state index contributed by atoms with van der Waals surface area (Å²) in [6.07, 6.45) is 3.56. The molecule has 10 heavy (non-hydrogen) atoms. The molecule has 1 aliphatic heterocycles. The largest absolute Gasteiger partial charge is 0.316 e. The first-order chi connectivity index (χ1) is 4.83. The predicted octanol–water partition coefficient (Wildman–Crippen LogP) is 0.468. The van der Waals surface area contributed by atoms with Gasteiger partial charge in [0.25, 0.3) is 0 Å². The van der Waals surface area contributed by atoms with Crippen molar-refractivity contribution in [2.45, 2.75) is 6.42 Å². The zero-order chi connectivity index (χ0) is 7.40. The Bertz CT molecular complexity index is 129. The molecule has 0 aromatic heterocycles. The molecule has 2 heteroatoms. The number of nitrogens with zero attached hydrogens (tertiary/aromatic N) is 1. The van der Waals surface area contributed by atoms with Crippen LogP contribution in [0.3, 0.4) is 0 Å². The van der Waals surface area contributed by atoms with Gasteiger partial charge in [0, 0.05) is 19.6 Å². The molecule has 0 unspecified atom stereocenters. The standard InChI is InChI=1S/C8H16N2/c1-9-6-8-4-3-5-10(2)7-8/h4,9H,3,5-7H2,1-2H3. The smallest absolute Gasteiger partial charge is 0.0202 e. The molecule has 58 valence electrons. The summed E-state index contributed by atoms with van der Waals surface area (Å²) < 4.78 is 0. The van der Waals surface area contributed by atoms with E-state index in [2.05, 4.69) is 23.3 Å². The molecule has 0 atom stereocenters. The number of hydrogen-bond acceptors (Lipinski definition) is 2. The van der Waals surface area contributed by atoms with Gasteiger partial charge in [0.05, 0.1) is 0 Å². The molecule has 1 N–H and O–H groups in total. The number of rotatable bonds is 2. The van der Waals surface area contributed by atoms with Crippen LogP contribution in [0.2, 0.25) is 0 Å². The van der Waals surface area contributed by atoms with Crippen molar-refractivity contribution in [2.24, 2.45) is 0 Å². The summed E-state index contributed by atoms with van der Waals surface area (Å²) in [6.45, 7) is 3.40. The van der Waals surface area contributed by atoms with Crippen LogP contribution in [0.4, 0.5) is 0 Å². The van der Waals surface area contributed by atoms with E-state index in [1.807, 2.05) is 7.05 Å². The Labute approximate surface area is 62.9 Å². The van der Waals surface area contributed by atoms with Crippen LogP contribution in [0.25, 0.3) is 0 Å². The van der Waals surface area contributed by atoms with Gasteiger partial charge in [-0.2, -0.15) is 0 Å². The van der Waals surface area contributed by atoms with Crippen LogP contribution < -0.4 is 5.32 Å². The quantitative estimate of drug-likeness (QED) is 0.561. The first kappa shape index (κ1) is 7.76. The first-order valence-electron chi connectivity index (χ1n) is 3.84. The van der Waals surface area contributed by atoms with Gasteiger partial charge in [0.15, 0.2) is 0 Å². The van der Waals surface area contributed by atoms with Crippen molar-refractivity contribution in [3.63, 3.8) is 0 Å².